The van der Waals surface area contributed by atoms with Gasteiger partial charge in [0, 0.05) is 12.7 Å². The van der Waals surface area contributed by atoms with Crippen LogP contribution in [0.5, 0.6) is 5.88 Å². The van der Waals surface area contributed by atoms with Crippen molar-refractivity contribution in [2.24, 2.45) is 0 Å². The highest BCUT2D eigenvalue weighted by molar-refractivity contribution is 5.95. The molecule has 18 heavy (non-hydrogen) atoms. The number of nitrogens with zero attached hydrogens (tertiary/aromatic N) is 1. The molecule has 1 aromatic rings. The van der Waals surface area contributed by atoms with E-state index in [1.807, 2.05) is 6.92 Å². The van der Waals surface area contributed by atoms with Crippen LogP contribution in [0, 0.1) is 0 Å². The summed E-state index contributed by atoms with van der Waals surface area (Å²) in [6, 6.07) is 1.46. The smallest absolute Gasteiger partial charge is 0.340 e. The third-order valence-corrected chi connectivity index (χ3v) is 2.14. The Kier molecular flexibility index (Phi) is 5.93. The van der Waals surface area contributed by atoms with Gasteiger partial charge in [-0.3, -0.25) is 0 Å². The molecule has 0 aromatic carbocycles. The number of methoxy groups -OCH3 is 1. The van der Waals surface area contributed by atoms with Crippen molar-refractivity contribution in [1.29, 1.82) is 0 Å². The summed E-state index contributed by atoms with van der Waals surface area (Å²) in [5.41, 5.74) is 6.12. The molecule has 0 radical (unpaired) electrons. The van der Waals surface area contributed by atoms with Crippen LogP contribution >= 0.6 is 0 Å². The quantitative estimate of drug-likeness (QED) is 0.582. The van der Waals surface area contributed by atoms with Crippen LogP contribution in [-0.2, 0) is 9.47 Å². The zero-order chi connectivity index (χ0) is 13.4. The molecule has 1 rings (SSSR count). The lowest BCUT2D eigenvalue weighted by atomic mass is 10.2. The lowest BCUT2D eigenvalue weighted by molar-refractivity contribution is 0.0601. The summed E-state index contributed by atoms with van der Waals surface area (Å²) in [5.74, 6) is -0.188. The molecule has 6 heteroatoms. The normalized spacial score (nSPS) is 10.1. The maximum Gasteiger partial charge on any atom is 0.340 e. The molecular formula is C12H18N2O4. The second-order valence-electron chi connectivity index (χ2n) is 3.56. The molecule has 0 spiro atoms. The fraction of sp³-hybridized carbons (Fsp3) is 0.500. The zero-order valence-corrected chi connectivity index (χ0v) is 10.6. The molecule has 0 atom stereocenters. The van der Waals surface area contributed by atoms with Gasteiger partial charge in [-0.05, 0) is 6.42 Å². The zero-order valence-electron chi connectivity index (χ0n) is 10.6. The fourth-order valence-corrected chi connectivity index (χ4v) is 1.26. The van der Waals surface area contributed by atoms with Crippen molar-refractivity contribution in [2.45, 2.75) is 13.3 Å². The minimum atomic E-state index is -0.512. The van der Waals surface area contributed by atoms with Gasteiger partial charge in [0.05, 0.1) is 31.2 Å². The second-order valence-corrected chi connectivity index (χ2v) is 3.56. The minimum absolute atomic E-state index is 0.247. The highest BCUT2D eigenvalue weighted by Crippen LogP contribution is 2.17. The van der Waals surface area contributed by atoms with Gasteiger partial charge >= 0.3 is 5.97 Å². The van der Waals surface area contributed by atoms with Gasteiger partial charge in [-0.25, -0.2) is 9.78 Å². The van der Waals surface area contributed by atoms with E-state index in [4.69, 9.17) is 15.2 Å². The van der Waals surface area contributed by atoms with Crippen LogP contribution in [0.15, 0.2) is 12.3 Å². The molecule has 100 valence electrons. The first kappa shape index (κ1) is 14.2. The number of esters is 1. The predicted molar refractivity (Wildman–Crippen MR) is 66.6 cm³/mol. The molecular weight excluding hydrogens is 236 g/mol. The van der Waals surface area contributed by atoms with E-state index in [1.54, 1.807) is 0 Å². The highest BCUT2D eigenvalue weighted by Gasteiger charge is 2.12. The number of nitrogen functional groups attached to an aromatic ring is 1. The van der Waals surface area contributed by atoms with Gasteiger partial charge < -0.3 is 19.9 Å². The van der Waals surface area contributed by atoms with Crippen LogP contribution in [0.25, 0.3) is 0 Å². The van der Waals surface area contributed by atoms with E-state index in [0.717, 1.165) is 6.42 Å². The predicted octanol–water partition coefficient (Wildman–Crippen LogP) is 1.26. The van der Waals surface area contributed by atoms with Gasteiger partial charge in [0.1, 0.15) is 6.61 Å². The first-order valence-corrected chi connectivity index (χ1v) is 5.73. The molecule has 1 heterocycles. The number of rotatable bonds is 7. The van der Waals surface area contributed by atoms with Crippen LogP contribution in [0.4, 0.5) is 5.69 Å². The summed E-state index contributed by atoms with van der Waals surface area (Å²) in [7, 11) is 1.29. The summed E-state index contributed by atoms with van der Waals surface area (Å²) in [6.07, 6.45) is 2.33. The molecule has 0 saturated carbocycles. The average molecular weight is 254 g/mol. The van der Waals surface area contributed by atoms with Crippen molar-refractivity contribution < 1.29 is 19.0 Å². The van der Waals surface area contributed by atoms with E-state index in [-0.39, 0.29) is 11.3 Å². The number of aromatic nitrogens is 1. The first-order valence-electron chi connectivity index (χ1n) is 5.73. The van der Waals surface area contributed by atoms with Crippen molar-refractivity contribution in [3.63, 3.8) is 0 Å². The van der Waals surface area contributed by atoms with Gasteiger partial charge in [-0.2, -0.15) is 0 Å². The third kappa shape index (κ3) is 4.21. The van der Waals surface area contributed by atoms with Gasteiger partial charge in [-0.1, -0.05) is 6.92 Å². The Morgan fingerprint density at radius 1 is 1.39 bits per heavy atom. The van der Waals surface area contributed by atoms with Gasteiger partial charge in [0.25, 0.3) is 0 Å². The molecule has 0 amide bonds. The van der Waals surface area contributed by atoms with Crippen molar-refractivity contribution in [2.75, 3.05) is 32.7 Å². The fourth-order valence-electron chi connectivity index (χ4n) is 1.26. The number of ether oxygens (including phenoxy) is 3. The van der Waals surface area contributed by atoms with Crippen LogP contribution in [-0.4, -0.2) is 37.9 Å². The largest absolute Gasteiger partial charge is 0.475 e. The molecule has 0 unspecified atom stereocenters. The van der Waals surface area contributed by atoms with Crippen LogP contribution in [0.1, 0.15) is 23.7 Å². The highest BCUT2D eigenvalue weighted by atomic mass is 16.5. The topological polar surface area (TPSA) is 83.7 Å². The van der Waals surface area contributed by atoms with Gasteiger partial charge in [0.2, 0.25) is 5.88 Å². The van der Waals surface area contributed by atoms with E-state index in [0.29, 0.717) is 25.7 Å². The number of pyridine rings is 1. The number of carbonyl (C=O) groups is 1. The van der Waals surface area contributed by atoms with Crippen molar-refractivity contribution in [3.8, 4) is 5.88 Å². The molecule has 6 nitrogen and oxygen atoms in total. The Morgan fingerprint density at radius 2 is 2.17 bits per heavy atom. The molecule has 0 aliphatic rings. The second kappa shape index (κ2) is 7.50. The number of hydrogen-bond donors (Lipinski definition) is 1. The summed E-state index contributed by atoms with van der Waals surface area (Å²) in [5, 5.41) is 0. The number of nitrogens with two attached hydrogens (primary N) is 1. The van der Waals surface area contributed by atoms with Gasteiger partial charge in [-0.15, -0.1) is 0 Å². The van der Waals surface area contributed by atoms with Crippen molar-refractivity contribution in [1.82, 2.24) is 4.98 Å². The lowest BCUT2D eigenvalue weighted by Crippen LogP contribution is -2.10. The molecule has 1 aromatic heterocycles. The third-order valence-electron chi connectivity index (χ3n) is 2.14. The standard InChI is InChI=1S/C12H18N2O4/c1-3-4-17-5-6-18-11-7-9(12(15)16-2)10(13)8-14-11/h7-8H,3-6,13H2,1-2H3. The molecule has 2 N–H and O–H groups in total. The summed E-state index contributed by atoms with van der Waals surface area (Å²) in [4.78, 5) is 15.4. The molecule has 0 bridgehead atoms. The summed E-state index contributed by atoms with van der Waals surface area (Å²) in [6.45, 7) is 3.59. The Hall–Kier alpha value is -1.82. The van der Waals surface area contributed by atoms with E-state index in [2.05, 4.69) is 9.72 Å². The van der Waals surface area contributed by atoms with Crippen molar-refractivity contribution in [3.05, 3.63) is 17.8 Å². The Balaban J connectivity index is 2.54. The minimum Gasteiger partial charge on any atom is -0.475 e. The molecule has 0 aliphatic heterocycles. The Labute approximate surface area is 106 Å². The van der Waals surface area contributed by atoms with Crippen LogP contribution < -0.4 is 10.5 Å². The maximum atomic E-state index is 11.4. The molecule has 0 fully saturated rings. The van der Waals surface area contributed by atoms with E-state index >= 15 is 0 Å². The van der Waals surface area contributed by atoms with E-state index in [1.165, 1.54) is 19.4 Å². The Morgan fingerprint density at radius 3 is 2.83 bits per heavy atom. The van der Waals surface area contributed by atoms with Gasteiger partial charge in [0.15, 0.2) is 0 Å². The van der Waals surface area contributed by atoms with E-state index in [9.17, 15) is 4.79 Å². The van der Waals surface area contributed by atoms with Crippen LogP contribution in [0.2, 0.25) is 0 Å². The lowest BCUT2D eigenvalue weighted by Gasteiger charge is -2.08. The first-order chi connectivity index (χ1) is 8.69. The number of hydrogen-bond acceptors (Lipinski definition) is 6. The monoisotopic (exact) mass is 254 g/mol. The van der Waals surface area contributed by atoms with Crippen molar-refractivity contribution >= 4 is 11.7 Å². The maximum absolute atomic E-state index is 11.4. The molecule has 0 aliphatic carbocycles. The average Bonchev–Trinajstić information content (AvgIpc) is 2.39. The van der Waals surface area contributed by atoms with Crippen LogP contribution in [0.3, 0.4) is 0 Å². The summed E-state index contributed by atoms with van der Waals surface area (Å²) < 4.78 is 15.2. The number of anilines is 1. The SMILES string of the molecule is CCCOCCOc1cc(C(=O)OC)c(N)cn1. The molecule has 0 saturated heterocycles. The van der Waals surface area contributed by atoms with E-state index < -0.39 is 5.97 Å². The Bertz CT molecular complexity index is 396. The summed E-state index contributed by atoms with van der Waals surface area (Å²) >= 11 is 0. The number of carbonyl (C=O) groups excluding carboxylic acids is 1.